The van der Waals surface area contributed by atoms with Crippen molar-refractivity contribution >= 4 is 15.9 Å². The lowest BCUT2D eigenvalue weighted by molar-refractivity contribution is -0.128. The minimum atomic E-state index is -0.661. The van der Waals surface area contributed by atoms with Crippen LogP contribution in [0.25, 0.3) is 0 Å². The number of ether oxygens (including phenoxy) is 1. The second-order valence-electron chi connectivity index (χ2n) is 5.87. The Morgan fingerprint density at radius 2 is 1.95 bits per heavy atom. The molecule has 0 heterocycles. The van der Waals surface area contributed by atoms with E-state index in [9.17, 15) is 9.50 Å². The summed E-state index contributed by atoms with van der Waals surface area (Å²) in [6.45, 7) is 2.54. The molecule has 0 bridgehead atoms. The zero-order valence-electron chi connectivity index (χ0n) is 12.6. The summed E-state index contributed by atoms with van der Waals surface area (Å²) in [7, 11) is 0. The molecule has 118 valence electrons. The second-order valence-corrected chi connectivity index (χ2v) is 6.78. The first kappa shape index (κ1) is 16.9. The molecule has 1 aromatic rings. The third-order valence-corrected chi connectivity index (χ3v) is 4.91. The Kier molecular flexibility index (Phi) is 6.20. The summed E-state index contributed by atoms with van der Waals surface area (Å²) in [5.41, 5.74) is 0.0409. The van der Waals surface area contributed by atoms with Crippen molar-refractivity contribution < 1.29 is 14.2 Å². The molecule has 0 spiro atoms. The first-order valence-electron chi connectivity index (χ1n) is 7.83. The number of aliphatic hydroxyl groups excluding tert-OH is 1. The van der Waals surface area contributed by atoms with Crippen LogP contribution in [0.4, 0.5) is 4.39 Å². The summed E-state index contributed by atoms with van der Waals surface area (Å²) in [5, 5.41) is 10.7. The van der Waals surface area contributed by atoms with E-state index in [0.29, 0.717) is 23.1 Å². The van der Waals surface area contributed by atoms with Gasteiger partial charge in [-0.05, 0) is 37.5 Å². The number of rotatable bonds is 5. The molecule has 2 nitrogen and oxygen atoms in total. The van der Waals surface area contributed by atoms with Crippen LogP contribution in [-0.4, -0.2) is 23.4 Å². The van der Waals surface area contributed by atoms with E-state index >= 15 is 0 Å². The van der Waals surface area contributed by atoms with E-state index in [1.807, 2.05) is 13.0 Å². The van der Waals surface area contributed by atoms with E-state index in [1.165, 1.54) is 18.9 Å². The third kappa shape index (κ3) is 4.27. The van der Waals surface area contributed by atoms with Gasteiger partial charge in [-0.3, -0.25) is 0 Å². The zero-order chi connectivity index (χ0) is 15.3. The highest BCUT2D eigenvalue weighted by Gasteiger charge is 2.39. The molecule has 1 fully saturated rings. The Hall–Kier alpha value is -0.450. The van der Waals surface area contributed by atoms with E-state index in [2.05, 4.69) is 15.9 Å². The summed E-state index contributed by atoms with van der Waals surface area (Å²) in [6.07, 6.45) is 5.88. The van der Waals surface area contributed by atoms with E-state index in [4.69, 9.17) is 4.74 Å². The van der Waals surface area contributed by atoms with Gasteiger partial charge in [0, 0.05) is 17.5 Å². The molecule has 1 aromatic carbocycles. The number of aliphatic hydroxyl groups is 1. The Morgan fingerprint density at radius 3 is 2.52 bits per heavy atom. The normalized spacial score (nSPS) is 20.0. The van der Waals surface area contributed by atoms with Crippen LogP contribution in [-0.2, 0) is 11.2 Å². The topological polar surface area (TPSA) is 29.5 Å². The van der Waals surface area contributed by atoms with Gasteiger partial charge in [0.05, 0.1) is 11.7 Å². The van der Waals surface area contributed by atoms with Gasteiger partial charge in [0.25, 0.3) is 0 Å². The molecule has 1 aliphatic carbocycles. The van der Waals surface area contributed by atoms with E-state index < -0.39 is 11.7 Å². The smallest absolute Gasteiger partial charge is 0.127 e. The fourth-order valence-electron chi connectivity index (χ4n) is 3.27. The fraction of sp³-hybridized carbons (Fsp3) is 0.647. The van der Waals surface area contributed by atoms with E-state index in [0.717, 1.165) is 25.7 Å². The fourth-order valence-corrected chi connectivity index (χ4v) is 3.60. The van der Waals surface area contributed by atoms with Gasteiger partial charge in [-0.15, -0.1) is 0 Å². The van der Waals surface area contributed by atoms with Crippen LogP contribution in [0.2, 0.25) is 0 Å². The Morgan fingerprint density at radius 1 is 1.29 bits per heavy atom. The van der Waals surface area contributed by atoms with Gasteiger partial charge in [0.2, 0.25) is 0 Å². The number of hydrogen-bond donors (Lipinski definition) is 1. The van der Waals surface area contributed by atoms with Crippen molar-refractivity contribution in [2.75, 3.05) is 6.61 Å². The van der Waals surface area contributed by atoms with Gasteiger partial charge < -0.3 is 9.84 Å². The van der Waals surface area contributed by atoms with Crippen molar-refractivity contribution in [1.29, 1.82) is 0 Å². The Labute approximate surface area is 134 Å². The van der Waals surface area contributed by atoms with Crippen LogP contribution in [0.5, 0.6) is 0 Å². The van der Waals surface area contributed by atoms with Gasteiger partial charge in [-0.25, -0.2) is 4.39 Å². The van der Waals surface area contributed by atoms with Gasteiger partial charge in [-0.1, -0.05) is 47.7 Å². The Bertz CT molecular complexity index is 456. The van der Waals surface area contributed by atoms with Gasteiger partial charge >= 0.3 is 0 Å². The molecule has 0 amide bonds. The summed E-state index contributed by atoms with van der Waals surface area (Å²) in [6, 6.07) is 4.99. The monoisotopic (exact) mass is 358 g/mol. The molecule has 1 N–H and O–H groups in total. The molecule has 0 saturated heterocycles. The first-order chi connectivity index (χ1) is 10.1. The molecule has 1 unspecified atom stereocenters. The molecule has 1 atom stereocenters. The highest BCUT2D eigenvalue weighted by molar-refractivity contribution is 9.10. The van der Waals surface area contributed by atoms with Crippen molar-refractivity contribution in [2.45, 2.75) is 63.6 Å². The molecule has 1 saturated carbocycles. The lowest BCUT2D eigenvalue weighted by atomic mass is 9.84. The van der Waals surface area contributed by atoms with E-state index in [1.54, 1.807) is 6.07 Å². The molecule has 21 heavy (non-hydrogen) atoms. The van der Waals surface area contributed by atoms with Crippen molar-refractivity contribution in [3.63, 3.8) is 0 Å². The summed E-state index contributed by atoms with van der Waals surface area (Å²) >= 11 is 3.26. The number of halogens is 2. The standard InChI is InChI=1S/C17H24BrFO2/c1-2-21-17(9-5-3-4-6-10-17)16(20)11-13-7-8-14(18)12-15(13)19/h7-8,12,16,20H,2-6,9-11H2,1H3. The predicted molar refractivity (Wildman–Crippen MR) is 85.9 cm³/mol. The highest BCUT2D eigenvalue weighted by atomic mass is 79.9. The second kappa shape index (κ2) is 7.70. The van der Waals surface area contributed by atoms with E-state index in [-0.39, 0.29) is 5.82 Å². The highest BCUT2D eigenvalue weighted by Crippen LogP contribution is 2.35. The maximum Gasteiger partial charge on any atom is 0.127 e. The SMILES string of the molecule is CCOC1(C(O)Cc2ccc(Br)cc2F)CCCCCC1. The predicted octanol–water partition coefficient (Wildman–Crippen LogP) is 4.62. The van der Waals surface area contributed by atoms with Crippen LogP contribution >= 0.6 is 15.9 Å². The first-order valence-corrected chi connectivity index (χ1v) is 8.62. The van der Waals surface area contributed by atoms with Crippen molar-refractivity contribution in [3.8, 4) is 0 Å². The van der Waals surface area contributed by atoms with Gasteiger partial charge in [0.15, 0.2) is 0 Å². The van der Waals surface area contributed by atoms with Gasteiger partial charge in [-0.2, -0.15) is 0 Å². The summed E-state index contributed by atoms with van der Waals surface area (Å²) < 4.78 is 20.7. The molecular weight excluding hydrogens is 335 g/mol. The van der Waals surface area contributed by atoms with Crippen molar-refractivity contribution in [3.05, 3.63) is 34.1 Å². The minimum Gasteiger partial charge on any atom is -0.390 e. The average molecular weight is 359 g/mol. The number of hydrogen-bond acceptors (Lipinski definition) is 2. The molecule has 0 aromatic heterocycles. The lowest BCUT2D eigenvalue weighted by Gasteiger charge is -2.37. The average Bonchev–Trinajstić information content (AvgIpc) is 2.69. The van der Waals surface area contributed by atoms with Gasteiger partial charge in [0.1, 0.15) is 5.82 Å². The molecule has 4 heteroatoms. The van der Waals surface area contributed by atoms with Crippen LogP contribution in [0, 0.1) is 5.82 Å². The maximum atomic E-state index is 14.0. The molecule has 1 aliphatic rings. The Balaban J connectivity index is 2.15. The van der Waals surface area contributed by atoms with Crippen LogP contribution in [0.15, 0.2) is 22.7 Å². The zero-order valence-corrected chi connectivity index (χ0v) is 14.2. The van der Waals surface area contributed by atoms with Crippen molar-refractivity contribution in [2.24, 2.45) is 0 Å². The quantitative estimate of drug-likeness (QED) is 0.778. The molecular formula is C17H24BrFO2. The molecule has 0 radical (unpaired) electrons. The molecule has 0 aliphatic heterocycles. The van der Waals surface area contributed by atoms with Crippen LogP contribution < -0.4 is 0 Å². The van der Waals surface area contributed by atoms with Crippen LogP contribution in [0.1, 0.15) is 51.0 Å². The number of benzene rings is 1. The molecule has 2 rings (SSSR count). The summed E-state index contributed by atoms with van der Waals surface area (Å²) in [5.74, 6) is -0.274. The largest absolute Gasteiger partial charge is 0.390 e. The summed E-state index contributed by atoms with van der Waals surface area (Å²) in [4.78, 5) is 0. The minimum absolute atomic E-state index is 0.274. The van der Waals surface area contributed by atoms with Crippen LogP contribution in [0.3, 0.4) is 0 Å². The van der Waals surface area contributed by atoms with Crippen molar-refractivity contribution in [1.82, 2.24) is 0 Å². The lowest BCUT2D eigenvalue weighted by Crippen LogP contribution is -2.46. The third-order valence-electron chi connectivity index (χ3n) is 4.42. The maximum absolute atomic E-state index is 14.0.